The van der Waals surface area contributed by atoms with Crippen LogP contribution < -0.4 is 9.46 Å². The van der Waals surface area contributed by atoms with E-state index < -0.39 is 10.0 Å². The number of sulfonamides is 1. The molecule has 0 radical (unpaired) electrons. The second-order valence-electron chi connectivity index (χ2n) is 9.38. The number of carbonyl (C=O) groups is 2. The minimum atomic E-state index is -3.49. The molecule has 0 unspecified atom stereocenters. The highest BCUT2D eigenvalue weighted by atomic mass is 32.2. The molecule has 3 rings (SSSR count). The number of methoxy groups -OCH3 is 1. The van der Waals surface area contributed by atoms with Crippen molar-refractivity contribution in [3.05, 3.63) is 23.8 Å². The van der Waals surface area contributed by atoms with Gasteiger partial charge < -0.3 is 19.3 Å². The molecule has 1 N–H and O–H groups in total. The van der Waals surface area contributed by atoms with Gasteiger partial charge in [-0.3, -0.25) is 14.3 Å². The first kappa shape index (κ1) is 25.3. The van der Waals surface area contributed by atoms with Crippen LogP contribution in [0.25, 0.3) is 0 Å². The third kappa shape index (κ3) is 6.83. The number of rotatable bonds is 5. The van der Waals surface area contributed by atoms with Crippen molar-refractivity contribution in [2.45, 2.75) is 45.3 Å². The van der Waals surface area contributed by atoms with Crippen LogP contribution in [0.15, 0.2) is 18.2 Å². The van der Waals surface area contributed by atoms with Gasteiger partial charge in [0.05, 0.1) is 29.7 Å². The summed E-state index contributed by atoms with van der Waals surface area (Å²) in [5, 5.41) is 0. The normalized spacial score (nSPS) is 24.9. The minimum absolute atomic E-state index is 0.0103. The first-order valence-corrected chi connectivity index (χ1v) is 13.2. The number of amides is 2. The Hall–Kier alpha value is -2.33. The van der Waals surface area contributed by atoms with E-state index >= 15 is 0 Å². The Bertz CT molecular complexity index is 978. The monoisotopic (exact) mass is 481 g/mol. The Morgan fingerprint density at radius 2 is 1.94 bits per heavy atom. The zero-order valence-electron chi connectivity index (χ0n) is 20.0. The lowest BCUT2D eigenvalue weighted by molar-refractivity contribution is -0.135. The molecule has 1 aliphatic carbocycles. The third-order valence-corrected chi connectivity index (χ3v) is 6.84. The Labute approximate surface area is 196 Å². The van der Waals surface area contributed by atoms with Crippen LogP contribution in [0.3, 0.4) is 0 Å². The van der Waals surface area contributed by atoms with Crippen LogP contribution >= 0.6 is 0 Å². The van der Waals surface area contributed by atoms with E-state index in [-0.39, 0.29) is 42.2 Å². The van der Waals surface area contributed by atoms with Gasteiger partial charge >= 0.3 is 0 Å². The van der Waals surface area contributed by atoms with Crippen molar-refractivity contribution in [3.8, 4) is 5.75 Å². The molecule has 1 aliphatic heterocycles. The molecular formula is C23H35N3O6S. The molecule has 0 aromatic heterocycles. The predicted octanol–water partition coefficient (Wildman–Crippen LogP) is 2.19. The number of anilines is 1. The van der Waals surface area contributed by atoms with Crippen LogP contribution in [-0.2, 0) is 19.6 Å². The molecule has 1 saturated carbocycles. The number of fused-ring (bicyclic) bond motifs is 1. The second-order valence-corrected chi connectivity index (χ2v) is 11.1. The van der Waals surface area contributed by atoms with Crippen molar-refractivity contribution in [2.75, 3.05) is 44.8 Å². The molecule has 0 bridgehead atoms. The van der Waals surface area contributed by atoms with Gasteiger partial charge in [-0.05, 0) is 37.8 Å². The van der Waals surface area contributed by atoms with Crippen molar-refractivity contribution in [1.82, 2.24) is 9.80 Å². The number of ether oxygens (including phenoxy) is 2. The molecule has 2 aliphatic rings. The summed E-state index contributed by atoms with van der Waals surface area (Å²) in [6.45, 7) is 4.97. The Kier molecular flexibility index (Phi) is 7.89. The van der Waals surface area contributed by atoms with Crippen molar-refractivity contribution in [2.24, 2.45) is 11.8 Å². The molecule has 33 heavy (non-hydrogen) atoms. The number of hydrogen-bond acceptors (Lipinski definition) is 6. The highest BCUT2D eigenvalue weighted by Crippen LogP contribution is 2.33. The number of nitrogens with one attached hydrogen (secondary N) is 1. The van der Waals surface area contributed by atoms with Crippen LogP contribution in [0.4, 0.5) is 5.69 Å². The Morgan fingerprint density at radius 1 is 1.24 bits per heavy atom. The zero-order valence-corrected chi connectivity index (χ0v) is 20.9. The molecule has 0 saturated heterocycles. The fourth-order valence-corrected chi connectivity index (χ4v) is 4.64. The fraction of sp³-hybridized carbons (Fsp3) is 0.652. The zero-order chi connectivity index (χ0) is 24.3. The van der Waals surface area contributed by atoms with E-state index in [2.05, 4.69) is 4.72 Å². The van der Waals surface area contributed by atoms with Gasteiger partial charge in [0.1, 0.15) is 12.4 Å². The number of likely N-dealkylation sites (N-methyl/N-ethyl adjacent to an activating group) is 1. The molecule has 1 aromatic rings. The summed E-state index contributed by atoms with van der Waals surface area (Å²) in [6.07, 6.45) is 3.53. The molecule has 10 heteroatoms. The summed E-state index contributed by atoms with van der Waals surface area (Å²) >= 11 is 0. The lowest BCUT2D eigenvalue weighted by Gasteiger charge is -2.36. The lowest BCUT2D eigenvalue weighted by Crippen LogP contribution is -2.48. The summed E-state index contributed by atoms with van der Waals surface area (Å²) in [5.74, 6) is 0.597. The van der Waals surface area contributed by atoms with Crippen LogP contribution in [0, 0.1) is 11.8 Å². The summed E-state index contributed by atoms with van der Waals surface area (Å²) in [4.78, 5) is 29.7. The topological polar surface area (TPSA) is 105 Å². The van der Waals surface area contributed by atoms with Crippen LogP contribution in [0.2, 0.25) is 0 Å². The number of nitrogens with zero attached hydrogens (tertiary/aromatic N) is 2. The number of hydrogen-bond donors (Lipinski definition) is 1. The number of benzene rings is 1. The summed E-state index contributed by atoms with van der Waals surface area (Å²) < 4.78 is 37.5. The average Bonchev–Trinajstić information content (AvgIpc) is 3.55. The van der Waals surface area contributed by atoms with Gasteiger partial charge in [-0.2, -0.15) is 0 Å². The van der Waals surface area contributed by atoms with Crippen LogP contribution in [0.5, 0.6) is 5.75 Å². The molecule has 0 spiro atoms. The summed E-state index contributed by atoms with van der Waals surface area (Å²) in [6, 6.07) is 4.36. The lowest BCUT2D eigenvalue weighted by atomic mass is 10.0. The van der Waals surface area contributed by atoms with E-state index in [4.69, 9.17) is 9.47 Å². The maximum Gasteiger partial charge on any atom is 0.257 e. The minimum Gasteiger partial charge on any atom is -0.491 e. The highest BCUT2D eigenvalue weighted by Gasteiger charge is 2.33. The van der Waals surface area contributed by atoms with Gasteiger partial charge in [0, 0.05) is 45.7 Å². The predicted molar refractivity (Wildman–Crippen MR) is 126 cm³/mol. The average molecular weight is 482 g/mol. The SMILES string of the molecule is CO[C@@H]1CN(C)C(=O)c2ccc(NS(C)(=O)=O)cc2OC[C@H](C)N(C(=O)CC2CC2)C[C@H]1C. The van der Waals surface area contributed by atoms with Gasteiger partial charge in [0.25, 0.3) is 5.91 Å². The van der Waals surface area contributed by atoms with Crippen molar-refractivity contribution < 1.29 is 27.5 Å². The molecule has 1 heterocycles. The van der Waals surface area contributed by atoms with E-state index in [1.54, 1.807) is 25.1 Å². The Morgan fingerprint density at radius 3 is 2.55 bits per heavy atom. The van der Waals surface area contributed by atoms with Gasteiger partial charge in [-0.25, -0.2) is 8.42 Å². The summed E-state index contributed by atoms with van der Waals surface area (Å²) in [7, 11) is -0.183. The quantitative estimate of drug-likeness (QED) is 0.691. The summed E-state index contributed by atoms with van der Waals surface area (Å²) in [5.41, 5.74) is 0.624. The van der Waals surface area contributed by atoms with Gasteiger partial charge in [0.2, 0.25) is 15.9 Å². The van der Waals surface area contributed by atoms with E-state index in [0.29, 0.717) is 36.7 Å². The molecule has 1 fully saturated rings. The van der Waals surface area contributed by atoms with Crippen LogP contribution in [0.1, 0.15) is 43.5 Å². The first-order chi connectivity index (χ1) is 15.5. The van der Waals surface area contributed by atoms with E-state index in [0.717, 1.165) is 19.1 Å². The smallest absolute Gasteiger partial charge is 0.257 e. The van der Waals surface area contributed by atoms with Gasteiger partial charge in [-0.1, -0.05) is 6.92 Å². The van der Waals surface area contributed by atoms with Crippen LogP contribution in [-0.4, -0.2) is 82.3 Å². The second kappa shape index (κ2) is 10.3. The van der Waals surface area contributed by atoms with Crippen molar-refractivity contribution in [3.63, 3.8) is 0 Å². The molecular weight excluding hydrogens is 446 g/mol. The van der Waals surface area contributed by atoms with Crippen molar-refractivity contribution >= 4 is 27.5 Å². The van der Waals surface area contributed by atoms with E-state index in [1.165, 1.54) is 12.1 Å². The molecule has 1 aromatic carbocycles. The number of carbonyl (C=O) groups excluding carboxylic acids is 2. The third-order valence-electron chi connectivity index (χ3n) is 6.23. The van der Waals surface area contributed by atoms with E-state index in [1.807, 2.05) is 18.7 Å². The maximum absolute atomic E-state index is 13.2. The fourth-order valence-electron chi connectivity index (χ4n) is 4.08. The standard InChI is InChI=1S/C23H35N3O6S/c1-15-12-26(22(27)10-17-6-7-17)16(2)14-32-20-11-18(24-33(5,29)30)8-9-19(20)23(28)25(3)13-21(15)31-4/h8-9,11,15-17,21,24H,6-7,10,12-14H2,1-5H3/t15-,16+,21-/m1/s1. The maximum atomic E-state index is 13.2. The van der Waals surface area contributed by atoms with Gasteiger partial charge in [0.15, 0.2) is 0 Å². The largest absolute Gasteiger partial charge is 0.491 e. The molecule has 2 amide bonds. The Balaban J connectivity index is 1.95. The molecule has 9 nitrogen and oxygen atoms in total. The van der Waals surface area contributed by atoms with Gasteiger partial charge in [-0.15, -0.1) is 0 Å². The first-order valence-electron chi connectivity index (χ1n) is 11.3. The highest BCUT2D eigenvalue weighted by molar-refractivity contribution is 7.92. The van der Waals surface area contributed by atoms with Crippen molar-refractivity contribution in [1.29, 1.82) is 0 Å². The van der Waals surface area contributed by atoms with E-state index in [9.17, 15) is 18.0 Å². The molecule has 3 atom stereocenters. The molecule has 184 valence electrons.